The summed E-state index contributed by atoms with van der Waals surface area (Å²) in [4.78, 5) is 14.9. The molecule has 2 aromatic carbocycles. The zero-order chi connectivity index (χ0) is 22.4. The van der Waals surface area contributed by atoms with Crippen molar-refractivity contribution in [2.75, 3.05) is 31.1 Å². The number of carbonyl (C=O) groups is 1. The van der Waals surface area contributed by atoms with Gasteiger partial charge >= 0.3 is 0 Å². The second-order valence-corrected chi connectivity index (χ2v) is 11.5. The van der Waals surface area contributed by atoms with Crippen LogP contribution in [-0.4, -0.2) is 40.6 Å². The molecule has 1 amide bonds. The molecule has 0 spiro atoms. The van der Waals surface area contributed by atoms with Gasteiger partial charge in [0.1, 0.15) is 17.1 Å². The fourth-order valence-electron chi connectivity index (χ4n) is 4.38. The van der Waals surface area contributed by atoms with E-state index in [1.807, 2.05) is 32.9 Å². The van der Waals surface area contributed by atoms with Crippen LogP contribution in [0.5, 0.6) is 5.75 Å². The maximum Gasteiger partial charge on any atom is 0.236 e. The van der Waals surface area contributed by atoms with Crippen LogP contribution in [0.4, 0.5) is 5.69 Å². The van der Waals surface area contributed by atoms with Gasteiger partial charge in [-0.3, -0.25) is 4.79 Å². The molecule has 0 aliphatic carbocycles. The number of hydrogen-bond donors (Lipinski definition) is 1. The van der Waals surface area contributed by atoms with Crippen molar-refractivity contribution in [3.05, 3.63) is 53.1 Å². The summed E-state index contributed by atoms with van der Waals surface area (Å²) in [6.45, 7) is 7.28. The Hall–Kier alpha value is -2.09. The molecule has 2 aliphatic rings. The van der Waals surface area contributed by atoms with Crippen molar-refractivity contribution in [1.29, 1.82) is 0 Å². The standard InChI is InChI=1S/C23H27ClN2O4S/c1-4-26-19-10-5-16(13-20(19)30-15-22(2,3)21(26)27)23(11-12-25-14-23)31(28,29)18-8-6-17(24)7-9-18/h5-10,13,25H,4,11-12,14-15H2,1-3H3. The third-order valence-corrected chi connectivity index (χ3v) is 9.02. The number of amides is 1. The van der Waals surface area contributed by atoms with Crippen LogP contribution in [0.25, 0.3) is 0 Å². The lowest BCUT2D eigenvalue weighted by molar-refractivity contribution is -0.127. The molecule has 31 heavy (non-hydrogen) atoms. The first-order valence-electron chi connectivity index (χ1n) is 10.4. The van der Waals surface area contributed by atoms with Gasteiger partial charge in [-0.15, -0.1) is 0 Å². The molecule has 1 fully saturated rings. The van der Waals surface area contributed by atoms with Crippen molar-refractivity contribution >= 4 is 33.0 Å². The summed E-state index contributed by atoms with van der Waals surface area (Å²) in [6.07, 6.45) is 0.443. The number of fused-ring (bicyclic) bond motifs is 1. The van der Waals surface area contributed by atoms with Crippen LogP contribution in [-0.2, 0) is 19.4 Å². The lowest BCUT2D eigenvalue weighted by atomic mass is 9.93. The molecule has 1 N–H and O–H groups in total. The van der Waals surface area contributed by atoms with Crippen LogP contribution in [0.2, 0.25) is 5.02 Å². The van der Waals surface area contributed by atoms with Gasteiger partial charge < -0.3 is 15.0 Å². The molecule has 2 aliphatic heterocycles. The van der Waals surface area contributed by atoms with Crippen molar-refractivity contribution in [3.8, 4) is 5.75 Å². The molecule has 0 aromatic heterocycles. The number of sulfone groups is 1. The first kappa shape index (κ1) is 22.1. The van der Waals surface area contributed by atoms with Gasteiger partial charge in [-0.25, -0.2) is 8.42 Å². The summed E-state index contributed by atoms with van der Waals surface area (Å²) in [5.74, 6) is 0.531. The number of rotatable bonds is 4. The molecule has 1 atom stereocenters. The van der Waals surface area contributed by atoms with Crippen molar-refractivity contribution in [2.45, 2.75) is 36.8 Å². The van der Waals surface area contributed by atoms with E-state index in [0.717, 1.165) is 0 Å². The topological polar surface area (TPSA) is 75.7 Å². The van der Waals surface area contributed by atoms with Crippen LogP contribution in [0.15, 0.2) is 47.4 Å². The number of benzene rings is 2. The van der Waals surface area contributed by atoms with E-state index < -0.39 is 20.0 Å². The van der Waals surface area contributed by atoms with Gasteiger partial charge in [0.05, 0.1) is 16.0 Å². The van der Waals surface area contributed by atoms with Gasteiger partial charge in [0.15, 0.2) is 9.84 Å². The normalized spacial score (nSPS) is 23.2. The lowest BCUT2D eigenvalue weighted by Gasteiger charge is -2.30. The second kappa shape index (κ2) is 7.80. The van der Waals surface area contributed by atoms with Crippen molar-refractivity contribution < 1.29 is 17.9 Å². The number of anilines is 1. The number of nitrogens with zero attached hydrogens (tertiary/aromatic N) is 1. The maximum absolute atomic E-state index is 13.8. The molecule has 1 saturated heterocycles. The molecule has 4 rings (SSSR count). The Balaban J connectivity index is 1.84. The zero-order valence-electron chi connectivity index (χ0n) is 17.9. The Morgan fingerprint density at radius 1 is 1.16 bits per heavy atom. The highest BCUT2D eigenvalue weighted by atomic mass is 35.5. The number of halogens is 1. The van der Waals surface area contributed by atoms with E-state index in [4.69, 9.17) is 16.3 Å². The molecule has 0 radical (unpaired) electrons. The third-order valence-electron chi connectivity index (χ3n) is 6.26. The Morgan fingerprint density at radius 2 is 1.87 bits per heavy atom. The summed E-state index contributed by atoms with van der Waals surface area (Å²) in [7, 11) is -3.72. The van der Waals surface area contributed by atoms with E-state index in [-0.39, 0.29) is 17.4 Å². The predicted octanol–water partition coefficient (Wildman–Crippen LogP) is 3.77. The molecule has 0 bridgehead atoms. The van der Waals surface area contributed by atoms with E-state index in [0.29, 0.717) is 48.1 Å². The van der Waals surface area contributed by atoms with E-state index >= 15 is 0 Å². The minimum atomic E-state index is -3.72. The molecule has 1 unspecified atom stereocenters. The molecular weight excluding hydrogens is 436 g/mol. The average Bonchev–Trinajstić information content (AvgIpc) is 3.22. The van der Waals surface area contributed by atoms with E-state index in [1.54, 1.807) is 35.2 Å². The Labute approximate surface area is 188 Å². The van der Waals surface area contributed by atoms with E-state index in [9.17, 15) is 13.2 Å². The maximum atomic E-state index is 13.8. The highest BCUT2D eigenvalue weighted by Gasteiger charge is 2.49. The molecule has 2 heterocycles. The molecule has 166 valence electrons. The predicted molar refractivity (Wildman–Crippen MR) is 122 cm³/mol. The SMILES string of the molecule is CCN1C(=O)C(C)(C)COc2cc(C3(S(=O)(=O)c4ccc(Cl)cc4)CCNC3)ccc21. The van der Waals surface area contributed by atoms with Crippen LogP contribution in [0.3, 0.4) is 0 Å². The lowest BCUT2D eigenvalue weighted by Crippen LogP contribution is -2.42. The highest BCUT2D eigenvalue weighted by molar-refractivity contribution is 7.92. The van der Waals surface area contributed by atoms with Gasteiger partial charge in [-0.1, -0.05) is 17.7 Å². The van der Waals surface area contributed by atoms with Gasteiger partial charge in [0, 0.05) is 18.1 Å². The molecule has 6 nitrogen and oxygen atoms in total. The molecule has 2 aromatic rings. The number of ether oxygens (including phenoxy) is 1. The smallest absolute Gasteiger partial charge is 0.236 e. The quantitative estimate of drug-likeness (QED) is 0.748. The molecular formula is C23H27ClN2O4S. The van der Waals surface area contributed by atoms with Crippen LogP contribution in [0, 0.1) is 5.41 Å². The number of nitrogens with one attached hydrogen (secondary N) is 1. The Bertz CT molecular complexity index is 1110. The van der Waals surface area contributed by atoms with Gasteiger partial charge in [-0.05, 0) is 75.7 Å². The van der Waals surface area contributed by atoms with Crippen molar-refractivity contribution in [2.24, 2.45) is 5.41 Å². The average molecular weight is 463 g/mol. The first-order chi connectivity index (χ1) is 14.6. The molecule has 8 heteroatoms. The number of hydrogen-bond acceptors (Lipinski definition) is 5. The van der Waals surface area contributed by atoms with E-state index in [2.05, 4.69) is 5.32 Å². The monoisotopic (exact) mass is 462 g/mol. The van der Waals surface area contributed by atoms with Crippen LogP contribution >= 0.6 is 11.6 Å². The van der Waals surface area contributed by atoms with Crippen molar-refractivity contribution in [3.63, 3.8) is 0 Å². The minimum absolute atomic E-state index is 0.00691. The Morgan fingerprint density at radius 3 is 2.48 bits per heavy atom. The first-order valence-corrected chi connectivity index (χ1v) is 12.3. The van der Waals surface area contributed by atoms with Gasteiger partial charge in [0.2, 0.25) is 5.91 Å². The second-order valence-electron chi connectivity index (χ2n) is 8.78. The van der Waals surface area contributed by atoms with Crippen LogP contribution in [0.1, 0.15) is 32.8 Å². The third kappa shape index (κ3) is 3.52. The van der Waals surface area contributed by atoms with Gasteiger partial charge in [0.25, 0.3) is 0 Å². The summed E-state index contributed by atoms with van der Waals surface area (Å²) in [5, 5.41) is 3.71. The summed E-state index contributed by atoms with van der Waals surface area (Å²) in [6, 6.07) is 11.7. The molecule has 0 saturated carbocycles. The fraction of sp³-hybridized carbons (Fsp3) is 0.435. The summed E-state index contributed by atoms with van der Waals surface area (Å²) >= 11 is 5.97. The van der Waals surface area contributed by atoms with Crippen molar-refractivity contribution in [1.82, 2.24) is 5.32 Å². The summed E-state index contributed by atoms with van der Waals surface area (Å²) in [5.41, 5.74) is 0.665. The highest BCUT2D eigenvalue weighted by Crippen LogP contribution is 2.45. The summed E-state index contributed by atoms with van der Waals surface area (Å²) < 4.78 is 32.5. The largest absolute Gasteiger partial charge is 0.490 e. The van der Waals surface area contributed by atoms with E-state index in [1.165, 1.54) is 0 Å². The van der Waals surface area contributed by atoms with Gasteiger partial charge in [-0.2, -0.15) is 0 Å². The zero-order valence-corrected chi connectivity index (χ0v) is 19.5. The minimum Gasteiger partial charge on any atom is -0.490 e. The number of carbonyl (C=O) groups excluding carboxylic acids is 1. The fourth-order valence-corrected chi connectivity index (χ4v) is 6.56. The van der Waals surface area contributed by atoms with Crippen LogP contribution < -0.4 is 15.0 Å². The Kier molecular flexibility index (Phi) is 5.56.